The van der Waals surface area contributed by atoms with Crippen molar-refractivity contribution in [2.45, 2.75) is 31.1 Å². The highest BCUT2D eigenvalue weighted by atomic mass is 32.2. The van der Waals surface area contributed by atoms with Crippen LogP contribution in [0.25, 0.3) is 0 Å². The van der Waals surface area contributed by atoms with Gasteiger partial charge < -0.3 is 4.52 Å². The predicted octanol–water partition coefficient (Wildman–Crippen LogP) is 2.49. The van der Waals surface area contributed by atoms with Gasteiger partial charge in [-0.2, -0.15) is 4.31 Å². The SMILES string of the molecule is O=S(=O)(Cc1ccon1)N1CCC[C@H]1Cc1cc(F)ccc1F. The second-order valence-corrected chi connectivity index (χ2v) is 7.52. The van der Waals surface area contributed by atoms with Gasteiger partial charge in [0, 0.05) is 18.7 Å². The van der Waals surface area contributed by atoms with E-state index in [1.807, 2.05) is 0 Å². The highest BCUT2D eigenvalue weighted by Gasteiger charge is 2.35. The van der Waals surface area contributed by atoms with Crippen LogP contribution >= 0.6 is 0 Å². The number of nitrogens with zero attached hydrogens (tertiary/aromatic N) is 2. The van der Waals surface area contributed by atoms with E-state index in [1.54, 1.807) is 0 Å². The Balaban J connectivity index is 1.78. The van der Waals surface area contributed by atoms with E-state index in [-0.39, 0.29) is 23.8 Å². The lowest BCUT2D eigenvalue weighted by Gasteiger charge is -2.24. The Bertz CT molecular complexity index is 778. The maximum atomic E-state index is 13.8. The van der Waals surface area contributed by atoms with Gasteiger partial charge in [0.1, 0.15) is 23.7 Å². The number of hydrogen-bond donors (Lipinski definition) is 0. The minimum absolute atomic E-state index is 0.154. The van der Waals surface area contributed by atoms with Crippen LogP contribution in [0.15, 0.2) is 35.1 Å². The smallest absolute Gasteiger partial charge is 0.220 e. The van der Waals surface area contributed by atoms with E-state index in [1.165, 1.54) is 16.6 Å². The van der Waals surface area contributed by atoms with Crippen LogP contribution in [0.5, 0.6) is 0 Å². The van der Waals surface area contributed by atoms with E-state index in [4.69, 9.17) is 0 Å². The monoisotopic (exact) mass is 342 g/mol. The lowest BCUT2D eigenvalue weighted by molar-refractivity contribution is 0.378. The van der Waals surface area contributed by atoms with E-state index in [0.717, 1.165) is 18.2 Å². The second-order valence-electron chi connectivity index (χ2n) is 5.59. The first-order valence-electron chi connectivity index (χ1n) is 7.28. The number of benzene rings is 1. The van der Waals surface area contributed by atoms with E-state index in [9.17, 15) is 17.2 Å². The molecule has 0 bridgehead atoms. The fourth-order valence-electron chi connectivity index (χ4n) is 2.91. The van der Waals surface area contributed by atoms with Crippen LogP contribution in [-0.4, -0.2) is 30.5 Å². The number of rotatable bonds is 5. The van der Waals surface area contributed by atoms with Crippen molar-refractivity contribution < 1.29 is 21.7 Å². The standard InChI is InChI=1S/C15H16F2N2O3S/c16-12-3-4-15(17)11(8-12)9-14-2-1-6-19(14)23(20,21)10-13-5-7-22-18-13/h3-5,7-8,14H,1-2,6,9-10H2/t14-/m0/s1. The highest BCUT2D eigenvalue weighted by Crippen LogP contribution is 2.27. The van der Waals surface area contributed by atoms with Crippen LogP contribution in [0, 0.1) is 11.6 Å². The van der Waals surface area contributed by atoms with Crippen molar-refractivity contribution >= 4 is 10.0 Å². The van der Waals surface area contributed by atoms with Crippen molar-refractivity contribution in [3.05, 3.63) is 53.4 Å². The molecule has 0 spiro atoms. The number of aromatic nitrogens is 1. The molecule has 1 aliphatic heterocycles. The zero-order valence-electron chi connectivity index (χ0n) is 12.3. The summed E-state index contributed by atoms with van der Waals surface area (Å²) in [5.74, 6) is -1.31. The minimum Gasteiger partial charge on any atom is -0.364 e. The lowest BCUT2D eigenvalue weighted by atomic mass is 10.0. The molecule has 8 heteroatoms. The predicted molar refractivity (Wildman–Crippen MR) is 78.9 cm³/mol. The van der Waals surface area contributed by atoms with Crippen molar-refractivity contribution in [2.75, 3.05) is 6.54 Å². The summed E-state index contributed by atoms with van der Waals surface area (Å²) in [6.07, 6.45) is 2.78. The lowest BCUT2D eigenvalue weighted by Crippen LogP contribution is -2.37. The molecule has 2 heterocycles. The molecule has 23 heavy (non-hydrogen) atoms. The molecule has 0 unspecified atom stereocenters. The molecule has 0 N–H and O–H groups in total. The Morgan fingerprint density at radius 3 is 2.87 bits per heavy atom. The summed E-state index contributed by atoms with van der Waals surface area (Å²) in [5, 5.41) is 3.62. The van der Waals surface area contributed by atoms with Gasteiger partial charge in [-0.3, -0.25) is 0 Å². The van der Waals surface area contributed by atoms with Crippen LogP contribution in [-0.2, 0) is 22.2 Å². The van der Waals surface area contributed by atoms with Crippen molar-refractivity contribution in [3.63, 3.8) is 0 Å². The Morgan fingerprint density at radius 2 is 2.13 bits per heavy atom. The van der Waals surface area contributed by atoms with Gasteiger partial charge in [0.05, 0.1) is 5.69 Å². The molecule has 3 rings (SSSR count). The van der Waals surface area contributed by atoms with Crippen LogP contribution in [0.1, 0.15) is 24.1 Å². The van der Waals surface area contributed by atoms with Gasteiger partial charge in [-0.25, -0.2) is 17.2 Å². The van der Waals surface area contributed by atoms with Crippen LogP contribution in [0.4, 0.5) is 8.78 Å². The molecule has 124 valence electrons. The molecular formula is C15H16F2N2O3S. The van der Waals surface area contributed by atoms with E-state index in [0.29, 0.717) is 25.1 Å². The Hall–Kier alpha value is -1.80. The van der Waals surface area contributed by atoms with Gasteiger partial charge in [0.2, 0.25) is 10.0 Å². The summed E-state index contributed by atoms with van der Waals surface area (Å²) in [7, 11) is -3.58. The molecule has 0 radical (unpaired) electrons. The second kappa shape index (κ2) is 6.37. The van der Waals surface area contributed by atoms with Crippen molar-refractivity contribution in [2.24, 2.45) is 0 Å². The molecular weight excluding hydrogens is 326 g/mol. The maximum absolute atomic E-state index is 13.8. The average Bonchev–Trinajstić information content (AvgIpc) is 3.14. The molecule has 0 aliphatic carbocycles. The van der Waals surface area contributed by atoms with Gasteiger partial charge in [-0.1, -0.05) is 5.16 Å². The Labute approximate surface area is 132 Å². The molecule has 1 fully saturated rings. The molecule has 5 nitrogen and oxygen atoms in total. The molecule has 1 atom stereocenters. The molecule has 1 aromatic heterocycles. The molecule has 0 saturated carbocycles. The molecule has 2 aromatic rings. The summed E-state index contributed by atoms with van der Waals surface area (Å²) in [6.45, 7) is 0.377. The summed E-state index contributed by atoms with van der Waals surface area (Å²) in [5.41, 5.74) is 0.520. The third-order valence-electron chi connectivity index (χ3n) is 3.97. The average molecular weight is 342 g/mol. The van der Waals surface area contributed by atoms with Gasteiger partial charge in [0.25, 0.3) is 0 Å². The van der Waals surface area contributed by atoms with Crippen molar-refractivity contribution in [1.82, 2.24) is 9.46 Å². The minimum atomic E-state index is -3.58. The summed E-state index contributed by atoms with van der Waals surface area (Å²) in [6, 6.07) is 4.36. The van der Waals surface area contributed by atoms with Crippen LogP contribution < -0.4 is 0 Å². The van der Waals surface area contributed by atoms with Gasteiger partial charge >= 0.3 is 0 Å². The highest BCUT2D eigenvalue weighted by molar-refractivity contribution is 7.88. The van der Waals surface area contributed by atoms with E-state index in [2.05, 4.69) is 9.68 Å². The summed E-state index contributed by atoms with van der Waals surface area (Å²) in [4.78, 5) is 0. The third-order valence-corrected chi connectivity index (χ3v) is 5.82. The van der Waals surface area contributed by atoms with Crippen LogP contribution in [0.3, 0.4) is 0 Å². The quantitative estimate of drug-likeness (QED) is 0.837. The topological polar surface area (TPSA) is 63.4 Å². The Kier molecular flexibility index (Phi) is 4.45. The maximum Gasteiger partial charge on any atom is 0.220 e. The van der Waals surface area contributed by atoms with E-state index >= 15 is 0 Å². The first kappa shape index (κ1) is 16.1. The molecule has 1 aromatic carbocycles. The van der Waals surface area contributed by atoms with Gasteiger partial charge in [-0.05, 0) is 43.0 Å². The zero-order chi connectivity index (χ0) is 16.4. The van der Waals surface area contributed by atoms with Crippen molar-refractivity contribution in [3.8, 4) is 0 Å². The summed E-state index contributed by atoms with van der Waals surface area (Å²) >= 11 is 0. The number of halogens is 2. The number of hydrogen-bond acceptors (Lipinski definition) is 4. The van der Waals surface area contributed by atoms with Gasteiger partial charge in [-0.15, -0.1) is 0 Å². The first-order chi connectivity index (χ1) is 11.0. The van der Waals surface area contributed by atoms with E-state index < -0.39 is 21.7 Å². The molecule has 1 saturated heterocycles. The Morgan fingerprint density at radius 1 is 1.30 bits per heavy atom. The first-order valence-corrected chi connectivity index (χ1v) is 8.89. The van der Waals surface area contributed by atoms with Crippen molar-refractivity contribution in [1.29, 1.82) is 0 Å². The molecule has 1 aliphatic rings. The fourth-order valence-corrected chi connectivity index (χ4v) is 4.64. The van der Waals surface area contributed by atoms with Crippen LogP contribution in [0.2, 0.25) is 0 Å². The molecule has 0 amide bonds. The largest absolute Gasteiger partial charge is 0.364 e. The summed E-state index contributed by atoms with van der Waals surface area (Å²) < 4.78 is 58.2. The third kappa shape index (κ3) is 3.59. The normalized spacial score (nSPS) is 19.3. The fraction of sp³-hybridized carbons (Fsp3) is 0.400. The van der Waals surface area contributed by atoms with Gasteiger partial charge in [0.15, 0.2) is 0 Å². The zero-order valence-corrected chi connectivity index (χ0v) is 13.1. The number of sulfonamides is 1.